The molecule has 0 radical (unpaired) electrons. The lowest BCUT2D eigenvalue weighted by Gasteiger charge is -2.58. The van der Waals surface area contributed by atoms with Gasteiger partial charge in [-0.3, -0.25) is 9.63 Å². The molecule has 5 aliphatic rings. The maximum atomic E-state index is 13.0. The van der Waals surface area contributed by atoms with Crippen LogP contribution < -0.4 is 5.32 Å². The standard InChI is InChI=1S/C30H47N3O3.C2HF3O2/c1-20(32-36-28(35)33(18-17-31-4)22-7-5-6-8-22)25-11-12-26-24-10-9-21-19-23(34)13-15-29(21,2)27(24)14-16-30(25,26)3;3-2(4,5)1(6)7/h19,22,24-27,31H,5-18H2,1-4H3;(H,6,7)/b32-20+;/t24-,25+,26-,27-,29-,30+;/m0./s1. The molecule has 5 aliphatic carbocycles. The van der Waals surface area contributed by atoms with Gasteiger partial charge in [0, 0.05) is 31.5 Å². The Morgan fingerprint density at radius 1 is 1.07 bits per heavy atom. The Hall–Kier alpha value is -2.43. The van der Waals surface area contributed by atoms with Crippen molar-refractivity contribution in [3.63, 3.8) is 0 Å². The predicted molar refractivity (Wildman–Crippen MR) is 156 cm³/mol. The van der Waals surface area contributed by atoms with Crippen molar-refractivity contribution in [2.45, 2.75) is 110 Å². The second kappa shape index (κ2) is 13.3. The maximum Gasteiger partial charge on any atom is 0.490 e. The van der Waals surface area contributed by atoms with Crippen molar-refractivity contribution >= 4 is 23.6 Å². The highest BCUT2D eigenvalue weighted by atomic mass is 19.4. The normalized spacial score (nSPS) is 34.3. The van der Waals surface area contributed by atoms with Gasteiger partial charge in [-0.15, -0.1) is 0 Å². The minimum Gasteiger partial charge on any atom is -0.475 e. The number of carboxylic acid groups (broad SMARTS) is 1. The summed E-state index contributed by atoms with van der Waals surface area (Å²) in [5, 5.41) is 14.8. The fourth-order valence-corrected chi connectivity index (χ4v) is 9.34. The monoisotopic (exact) mass is 611 g/mol. The number of carboxylic acids is 1. The number of hydrogen-bond acceptors (Lipinski definition) is 6. The number of oxime groups is 1. The third-order valence-electron chi connectivity index (χ3n) is 11.6. The molecule has 0 unspecified atom stereocenters. The van der Waals surface area contributed by atoms with E-state index >= 15 is 0 Å². The van der Waals surface area contributed by atoms with Crippen LogP contribution in [0.2, 0.25) is 0 Å². The molecule has 0 aliphatic heterocycles. The van der Waals surface area contributed by atoms with Crippen molar-refractivity contribution in [2.75, 3.05) is 20.1 Å². The van der Waals surface area contributed by atoms with Crippen molar-refractivity contribution in [3.8, 4) is 0 Å². The first-order valence-corrected chi connectivity index (χ1v) is 15.9. The van der Waals surface area contributed by atoms with E-state index < -0.39 is 12.1 Å². The van der Waals surface area contributed by atoms with Gasteiger partial charge in [-0.05, 0) is 106 Å². The predicted octanol–water partition coefficient (Wildman–Crippen LogP) is 6.74. The molecular formula is C32H48F3N3O5. The van der Waals surface area contributed by atoms with Crippen LogP contribution in [0, 0.1) is 34.5 Å². The minimum absolute atomic E-state index is 0.214. The van der Waals surface area contributed by atoms with Gasteiger partial charge in [0.2, 0.25) is 0 Å². The fraction of sp³-hybridized carbons (Fsp3) is 0.812. The summed E-state index contributed by atoms with van der Waals surface area (Å²) < 4.78 is 31.7. The van der Waals surface area contributed by atoms with Crippen molar-refractivity contribution in [2.24, 2.45) is 39.7 Å². The van der Waals surface area contributed by atoms with Crippen molar-refractivity contribution in [1.82, 2.24) is 10.2 Å². The molecule has 0 aromatic carbocycles. The van der Waals surface area contributed by atoms with Gasteiger partial charge in [0.15, 0.2) is 5.78 Å². The molecule has 0 aromatic heterocycles. The largest absolute Gasteiger partial charge is 0.490 e. The highest BCUT2D eigenvalue weighted by Gasteiger charge is 2.59. The Labute approximate surface area is 252 Å². The summed E-state index contributed by atoms with van der Waals surface area (Å²) in [6.45, 7) is 8.46. The first kappa shape index (κ1) is 33.5. The number of carbonyl (C=O) groups excluding carboxylic acids is 2. The van der Waals surface area contributed by atoms with Crippen LogP contribution in [-0.2, 0) is 14.4 Å². The van der Waals surface area contributed by atoms with E-state index in [0.717, 1.165) is 56.7 Å². The topological polar surface area (TPSA) is 108 Å². The second-order valence-electron chi connectivity index (χ2n) is 13.8. The molecule has 8 nitrogen and oxygen atoms in total. The summed E-state index contributed by atoms with van der Waals surface area (Å²) in [7, 11) is 1.92. The number of rotatable bonds is 6. The van der Waals surface area contributed by atoms with Gasteiger partial charge in [-0.1, -0.05) is 37.4 Å². The van der Waals surface area contributed by atoms with Gasteiger partial charge >= 0.3 is 18.2 Å². The maximum absolute atomic E-state index is 13.0. The lowest BCUT2D eigenvalue weighted by atomic mass is 9.46. The first-order chi connectivity index (χ1) is 20.2. The molecule has 11 heteroatoms. The minimum atomic E-state index is -5.08. The van der Waals surface area contributed by atoms with Crippen LogP contribution in [0.1, 0.15) is 97.8 Å². The summed E-state index contributed by atoms with van der Waals surface area (Å²) in [6, 6.07) is 0.284. The average molecular weight is 612 g/mol. The molecule has 0 aromatic rings. The van der Waals surface area contributed by atoms with E-state index in [4.69, 9.17) is 14.7 Å². The van der Waals surface area contributed by atoms with Crippen LogP contribution in [0.25, 0.3) is 0 Å². The molecule has 5 rings (SSSR count). The Morgan fingerprint density at radius 2 is 1.74 bits per heavy atom. The number of halogens is 3. The number of aliphatic carboxylic acids is 1. The van der Waals surface area contributed by atoms with Crippen LogP contribution in [-0.4, -0.2) is 65.9 Å². The lowest BCUT2D eigenvalue weighted by Crippen LogP contribution is -2.51. The highest BCUT2D eigenvalue weighted by molar-refractivity contribution is 5.91. The number of amides is 1. The number of alkyl halides is 3. The summed E-state index contributed by atoms with van der Waals surface area (Å²) >= 11 is 0. The van der Waals surface area contributed by atoms with E-state index in [2.05, 4.69) is 31.2 Å². The van der Waals surface area contributed by atoms with Crippen LogP contribution in [0.4, 0.5) is 18.0 Å². The van der Waals surface area contributed by atoms with E-state index in [-0.39, 0.29) is 23.0 Å². The second-order valence-corrected chi connectivity index (χ2v) is 13.8. The van der Waals surface area contributed by atoms with E-state index in [1.54, 1.807) is 0 Å². The average Bonchev–Trinajstić information content (AvgIpc) is 3.60. The summed E-state index contributed by atoms with van der Waals surface area (Å²) in [5.74, 6) is 0.0900. The number of carbonyl (C=O) groups is 3. The summed E-state index contributed by atoms with van der Waals surface area (Å²) in [4.78, 5) is 41.6. The zero-order valence-corrected chi connectivity index (χ0v) is 26.0. The lowest BCUT2D eigenvalue weighted by molar-refractivity contribution is -0.192. The summed E-state index contributed by atoms with van der Waals surface area (Å²) in [5.41, 5.74) is 2.87. The molecule has 0 heterocycles. The van der Waals surface area contributed by atoms with E-state index in [1.807, 2.05) is 18.0 Å². The van der Waals surface area contributed by atoms with Crippen LogP contribution in [0.5, 0.6) is 0 Å². The number of ketones is 1. The van der Waals surface area contributed by atoms with Crippen LogP contribution >= 0.6 is 0 Å². The molecule has 2 N–H and O–H groups in total. The molecular weight excluding hydrogens is 563 g/mol. The molecule has 242 valence electrons. The van der Waals surface area contributed by atoms with Gasteiger partial charge in [0.05, 0.1) is 5.71 Å². The Kier molecular flexibility index (Phi) is 10.3. The number of allylic oxidation sites excluding steroid dienone is 1. The molecule has 0 saturated heterocycles. The summed E-state index contributed by atoms with van der Waals surface area (Å²) in [6.07, 6.45) is 10.0. The van der Waals surface area contributed by atoms with E-state index in [1.165, 1.54) is 44.1 Å². The zero-order valence-electron chi connectivity index (χ0n) is 26.0. The molecule has 4 fully saturated rings. The Morgan fingerprint density at radius 3 is 2.37 bits per heavy atom. The van der Waals surface area contributed by atoms with Gasteiger partial charge < -0.3 is 15.3 Å². The number of nitrogens with zero attached hydrogens (tertiary/aromatic N) is 2. The first-order valence-electron chi connectivity index (χ1n) is 15.9. The quantitative estimate of drug-likeness (QED) is 0.196. The van der Waals surface area contributed by atoms with Gasteiger partial charge in [0.1, 0.15) is 0 Å². The number of likely N-dealkylation sites (N-methyl/N-ethyl adjacent to an activating group) is 1. The fourth-order valence-electron chi connectivity index (χ4n) is 9.34. The van der Waals surface area contributed by atoms with Gasteiger partial charge in [-0.25, -0.2) is 9.59 Å². The van der Waals surface area contributed by atoms with E-state index in [0.29, 0.717) is 30.1 Å². The molecule has 43 heavy (non-hydrogen) atoms. The zero-order chi connectivity index (χ0) is 31.6. The van der Waals surface area contributed by atoms with Crippen molar-refractivity contribution in [3.05, 3.63) is 11.6 Å². The Balaban J connectivity index is 0.000000541. The highest BCUT2D eigenvalue weighted by Crippen LogP contribution is 2.66. The molecule has 0 bridgehead atoms. The Bertz CT molecular complexity index is 1120. The SMILES string of the molecule is CNCCN(C(=O)O/N=C(\C)[C@H]1CC[C@H]2[C@@H]3CCC4=CC(=O)CC[C@]4(C)[C@H]3CC[C@]12C)C1CCCC1.O=C(O)C(F)(F)F. The van der Waals surface area contributed by atoms with E-state index in [9.17, 15) is 22.8 Å². The number of hydrogen-bond donors (Lipinski definition) is 2. The smallest absolute Gasteiger partial charge is 0.475 e. The van der Waals surface area contributed by atoms with Crippen LogP contribution in [0.3, 0.4) is 0 Å². The number of nitrogens with one attached hydrogen (secondary N) is 1. The van der Waals surface area contributed by atoms with Gasteiger partial charge in [0.25, 0.3) is 0 Å². The number of fused-ring (bicyclic) bond motifs is 5. The van der Waals surface area contributed by atoms with Gasteiger partial charge in [-0.2, -0.15) is 13.2 Å². The van der Waals surface area contributed by atoms with Crippen LogP contribution in [0.15, 0.2) is 16.8 Å². The third-order valence-corrected chi connectivity index (χ3v) is 11.6. The van der Waals surface area contributed by atoms with Crippen molar-refractivity contribution in [1.29, 1.82) is 0 Å². The third kappa shape index (κ3) is 6.96. The molecule has 4 saturated carbocycles. The molecule has 6 atom stereocenters. The van der Waals surface area contributed by atoms with Crippen molar-refractivity contribution < 1.29 is 37.5 Å². The molecule has 1 amide bonds. The molecule has 0 spiro atoms.